The van der Waals surface area contributed by atoms with Gasteiger partial charge in [0.2, 0.25) is 0 Å². The second kappa shape index (κ2) is 9.59. The van der Waals surface area contributed by atoms with E-state index in [9.17, 15) is 31.5 Å². The molecule has 0 aliphatic rings. The van der Waals surface area contributed by atoms with Gasteiger partial charge in [0.15, 0.2) is 0 Å². The number of nitrogens with zero attached hydrogens (tertiary/aromatic N) is 1. The molecular weight excluding hydrogens is 506 g/mol. The average Bonchev–Trinajstić information content (AvgIpc) is 2.73. The molecule has 0 saturated carbocycles. The van der Waals surface area contributed by atoms with E-state index >= 15 is 0 Å². The maximum absolute atomic E-state index is 13.1. The lowest BCUT2D eigenvalue weighted by Gasteiger charge is -2.20. The molecule has 0 fully saturated rings. The lowest BCUT2D eigenvalue weighted by atomic mass is 10.1. The number of halogens is 7. The number of rotatable bonds is 5. The van der Waals surface area contributed by atoms with Crippen molar-refractivity contribution in [1.82, 2.24) is 10.3 Å². The summed E-state index contributed by atoms with van der Waals surface area (Å²) in [6.45, 7) is -0.397. The smallest absolute Gasteiger partial charge is 0.331 e. The molecular formula is C21H15Cl2F5N4O2. The Hall–Kier alpha value is -3.18. The van der Waals surface area contributed by atoms with Crippen LogP contribution >= 0.6 is 23.2 Å². The normalized spacial score (nSPS) is 11.9. The number of anilines is 2. The highest BCUT2D eigenvalue weighted by molar-refractivity contribution is 6.40. The van der Waals surface area contributed by atoms with Crippen molar-refractivity contribution in [1.29, 1.82) is 0 Å². The van der Waals surface area contributed by atoms with Crippen molar-refractivity contribution in [3.63, 3.8) is 0 Å². The fourth-order valence-electron chi connectivity index (χ4n) is 2.94. The quantitative estimate of drug-likeness (QED) is 0.339. The molecule has 2 aromatic carbocycles. The number of para-hydroxylation sites is 1. The molecule has 0 atom stereocenters. The number of hydrogen-bond acceptors (Lipinski definition) is 3. The first-order chi connectivity index (χ1) is 15.8. The highest BCUT2D eigenvalue weighted by atomic mass is 35.5. The van der Waals surface area contributed by atoms with Gasteiger partial charge in [0.1, 0.15) is 0 Å². The molecule has 34 heavy (non-hydrogen) atoms. The number of amides is 3. The van der Waals surface area contributed by atoms with Gasteiger partial charge in [-0.2, -0.15) is 22.0 Å². The monoisotopic (exact) mass is 520 g/mol. The van der Waals surface area contributed by atoms with E-state index in [1.54, 1.807) is 13.0 Å². The second-order valence-corrected chi connectivity index (χ2v) is 7.89. The summed E-state index contributed by atoms with van der Waals surface area (Å²) in [4.78, 5) is 29.0. The maximum Gasteiger partial charge on any atom is 0.455 e. The highest BCUT2D eigenvalue weighted by Crippen LogP contribution is 2.35. The molecule has 3 aromatic rings. The first kappa shape index (κ1) is 25.4. The van der Waals surface area contributed by atoms with Gasteiger partial charge in [-0.1, -0.05) is 41.4 Å². The maximum atomic E-state index is 13.1. The van der Waals surface area contributed by atoms with Crippen LogP contribution in [-0.4, -0.2) is 35.6 Å². The molecule has 0 bridgehead atoms. The molecule has 180 valence electrons. The van der Waals surface area contributed by atoms with Crippen molar-refractivity contribution < 1.29 is 31.5 Å². The lowest BCUT2D eigenvalue weighted by Crippen LogP contribution is -2.47. The summed E-state index contributed by atoms with van der Waals surface area (Å²) >= 11 is 12.1. The van der Waals surface area contributed by atoms with Gasteiger partial charge in [-0.3, -0.25) is 9.78 Å². The van der Waals surface area contributed by atoms with Crippen LogP contribution in [0.4, 0.5) is 38.1 Å². The van der Waals surface area contributed by atoms with Crippen molar-refractivity contribution in [3.8, 4) is 0 Å². The Morgan fingerprint density at radius 3 is 2.21 bits per heavy atom. The molecule has 3 rings (SSSR count). The van der Waals surface area contributed by atoms with Crippen molar-refractivity contribution in [2.24, 2.45) is 0 Å². The Labute approximate surface area is 199 Å². The number of benzene rings is 2. The molecule has 0 saturated heterocycles. The molecule has 13 heteroatoms. The summed E-state index contributed by atoms with van der Waals surface area (Å²) in [6, 6.07) is 7.81. The van der Waals surface area contributed by atoms with Gasteiger partial charge in [-0.25, -0.2) is 4.79 Å². The zero-order chi connectivity index (χ0) is 25.3. The van der Waals surface area contributed by atoms with Gasteiger partial charge in [0, 0.05) is 11.6 Å². The first-order valence-electron chi connectivity index (χ1n) is 9.45. The highest BCUT2D eigenvalue weighted by Gasteiger charge is 2.57. The van der Waals surface area contributed by atoms with Crippen molar-refractivity contribution in [2.45, 2.75) is 19.0 Å². The third-order valence-corrected chi connectivity index (χ3v) is 5.28. The van der Waals surface area contributed by atoms with Crippen LogP contribution in [0.3, 0.4) is 0 Å². The number of carbonyl (C=O) groups is 2. The lowest BCUT2D eigenvalue weighted by molar-refractivity contribution is -0.278. The number of alkyl halides is 5. The van der Waals surface area contributed by atoms with Crippen LogP contribution in [0, 0.1) is 6.92 Å². The van der Waals surface area contributed by atoms with Crippen molar-refractivity contribution in [2.75, 3.05) is 17.2 Å². The van der Waals surface area contributed by atoms with E-state index in [0.29, 0.717) is 10.9 Å². The van der Waals surface area contributed by atoms with E-state index in [-0.39, 0.29) is 32.5 Å². The van der Waals surface area contributed by atoms with Crippen LogP contribution in [0.25, 0.3) is 10.9 Å². The number of carbonyl (C=O) groups excluding carboxylic acids is 2. The second-order valence-electron chi connectivity index (χ2n) is 7.08. The van der Waals surface area contributed by atoms with E-state index in [1.165, 1.54) is 41.8 Å². The standard InChI is InChI=1S/C21H15Cl2F5N4O2/c1-10-8-29-17-11(16(10)32-19(34)30-9-20(24,25)21(26,27)28)4-2-7-14(17)31-18(33)15-12(22)5-3-6-13(15)23/h2-8H,9H2,1H3,(H,31,33)(H2,29,30,32,34). The third kappa shape index (κ3) is 5.31. The van der Waals surface area contributed by atoms with Crippen molar-refractivity contribution >= 4 is 57.4 Å². The number of urea groups is 1. The number of aromatic nitrogens is 1. The van der Waals surface area contributed by atoms with E-state index < -0.39 is 30.6 Å². The summed E-state index contributed by atoms with van der Waals surface area (Å²) in [5, 5.41) is 6.92. The number of pyridine rings is 1. The van der Waals surface area contributed by atoms with Gasteiger partial charge in [0.25, 0.3) is 5.91 Å². The van der Waals surface area contributed by atoms with E-state index in [1.807, 2.05) is 0 Å². The van der Waals surface area contributed by atoms with Crippen LogP contribution < -0.4 is 16.0 Å². The Morgan fingerprint density at radius 1 is 0.971 bits per heavy atom. The molecule has 3 amide bonds. The summed E-state index contributed by atoms with van der Waals surface area (Å²) in [6.07, 6.45) is -4.47. The zero-order valence-corrected chi connectivity index (χ0v) is 18.7. The van der Waals surface area contributed by atoms with Gasteiger partial charge in [0.05, 0.1) is 39.0 Å². The molecule has 0 aliphatic heterocycles. The first-order valence-corrected chi connectivity index (χ1v) is 10.2. The van der Waals surface area contributed by atoms with Crippen LogP contribution in [0.1, 0.15) is 15.9 Å². The Balaban J connectivity index is 1.88. The van der Waals surface area contributed by atoms with Crippen LogP contribution in [0.2, 0.25) is 10.0 Å². The Bertz CT molecular complexity index is 1250. The molecule has 1 aromatic heterocycles. The van der Waals surface area contributed by atoms with E-state index in [2.05, 4.69) is 15.6 Å². The predicted octanol–water partition coefficient (Wildman–Crippen LogP) is 6.42. The molecule has 0 aliphatic carbocycles. The number of hydrogen-bond donors (Lipinski definition) is 3. The number of nitrogens with one attached hydrogen (secondary N) is 3. The van der Waals surface area contributed by atoms with E-state index in [4.69, 9.17) is 23.2 Å². The molecule has 0 unspecified atom stereocenters. The summed E-state index contributed by atoms with van der Waals surface area (Å²) in [5.41, 5.74) is 0.942. The topological polar surface area (TPSA) is 83.1 Å². The molecule has 3 N–H and O–H groups in total. The molecule has 0 radical (unpaired) electrons. The van der Waals surface area contributed by atoms with Gasteiger partial charge in [-0.05, 0) is 30.7 Å². The SMILES string of the molecule is Cc1cnc2c(NC(=O)c3c(Cl)cccc3Cl)cccc2c1NC(=O)NCC(F)(F)C(F)(F)F. The Morgan fingerprint density at radius 2 is 1.59 bits per heavy atom. The minimum absolute atomic E-state index is 0.0262. The third-order valence-electron chi connectivity index (χ3n) is 4.65. The van der Waals surface area contributed by atoms with Crippen LogP contribution in [-0.2, 0) is 0 Å². The predicted molar refractivity (Wildman–Crippen MR) is 119 cm³/mol. The van der Waals surface area contributed by atoms with Gasteiger partial charge < -0.3 is 16.0 Å². The number of aryl methyl sites for hydroxylation is 1. The van der Waals surface area contributed by atoms with Gasteiger partial charge in [-0.15, -0.1) is 0 Å². The zero-order valence-electron chi connectivity index (χ0n) is 17.2. The molecule has 6 nitrogen and oxygen atoms in total. The minimum atomic E-state index is -5.81. The fraction of sp³-hybridized carbons (Fsp3) is 0.190. The minimum Gasteiger partial charge on any atom is -0.331 e. The summed E-state index contributed by atoms with van der Waals surface area (Å²) < 4.78 is 63.2. The van der Waals surface area contributed by atoms with Gasteiger partial charge >= 0.3 is 18.1 Å². The average molecular weight is 521 g/mol. The van der Waals surface area contributed by atoms with Crippen LogP contribution in [0.15, 0.2) is 42.6 Å². The largest absolute Gasteiger partial charge is 0.455 e. The van der Waals surface area contributed by atoms with Crippen LogP contribution in [0.5, 0.6) is 0 Å². The number of fused-ring (bicyclic) bond motifs is 1. The Kier molecular flexibility index (Phi) is 7.18. The molecule has 0 spiro atoms. The fourth-order valence-corrected chi connectivity index (χ4v) is 3.51. The van der Waals surface area contributed by atoms with E-state index in [0.717, 1.165) is 0 Å². The van der Waals surface area contributed by atoms with Crippen molar-refractivity contribution in [3.05, 3.63) is 63.8 Å². The summed E-state index contributed by atoms with van der Waals surface area (Å²) in [7, 11) is 0. The molecule has 1 heterocycles. The summed E-state index contributed by atoms with van der Waals surface area (Å²) in [5.74, 6) is -5.73.